The Kier molecular flexibility index (Phi) is 8.90. The molecule has 9 nitrogen and oxygen atoms in total. The Labute approximate surface area is 258 Å². The van der Waals surface area contributed by atoms with E-state index in [0.717, 1.165) is 33.9 Å². The SMILES string of the molecule is CN1CCN(C(=O)O[C@H]2CN[C@H](C#Cc3cc4ncnc(Nc5ccc(OCc6cccc(F)c6)c(Cl)c5)c4s3)C2)CC1. The normalized spacial score (nSPS) is 18.7. The van der Waals surface area contributed by atoms with Crippen LogP contribution in [0.5, 0.6) is 5.75 Å². The molecule has 2 aliphatic heterocycles. The number of benzene rings is 2. The molecule has 0 spiro atoms. The maximum absolute atomic E-state index is 13.4. The number of rotatable bonds is 6. The first-order chi connectivity index (χ1) is 20.9. The average molecular weight is 621 g/mol. The van der Waals surface area contributed by atoms with Gasteiger partial charge in [-0.15, -0.1) is 11.3 Å². The summed E-state index contributed by atoms with van der Waals surface area (Å²) < 4.78 is 25.8. The number of piperazine rings is 1. The summed E-state index contributed by atoms with van der Waals surface area (Å²) in [6, 6.07) is 13.5. The molecule has 0 radical (unpaired) electrons. The minimum atomic E-state index is -0.311. The fourth-order valence-corrected chi connectivity index (χ4v) is 6.04. The highest BCUT2D eigenvalue weighted by atomic mass is 35.5. The van der Waals surface area contributed by atoms with E-state index in [4.69, 9.17) is 21.1 Å². The Hall–Kier alpha value is -3.95. The molecular weight excluding hydrogens is 591 g/mol. The number of nitrogens with one attached hydrogen (secondary N) is 2. The van der Waals surface area contributed by atoms with E-state index in [1.807, 2.05) is 12.1 Å². The van der Waals surface area contributed by atoms with Crippen LogP contribution in [0.3, 0.4) is 0 Å². The second-order valence-corrected chi connectivity index (χ2v) is 12.0. The summed E-state index contributed by atoms with van der Waals surface area (Å²) in [4.78, 5) is 26.2. The van der Waals surface area contributed by atoms with Crippen molar-refractivity contribution in [2.45, 2.75) is 25.2 Å². The van der Waals surface area contributed by atoms with Crippen LogP contribution in [0.2, 0.25) is 5.02 Å². The topological polar surface area (TPSA) is 91.9 Å². The van der Waals surface area contributed by atoms with E-state index >= 15 is 0 Å². The molecule has 0 bridgehead atoms. The lowest BCUT2D eigenvalue weighted by Crippen LogP contribution is -2.48. The van der Waals surface area contributed by atoms with Gasteiger partial charge in [0.25, 0.3) is 0 Å². The molecule has 222 valence electrons. The van der Waals surface area contributed by atoms with Gasteiger partial charge in [0.1, 0.15) is 30.6 Å². The fraction of sp³-hybridized carbons (Fsp3) is 0.323. The van der Waals surface area contributed by atoms with Crippen molar-refractivity contribution < 1.29 is 18.7 Å². The number of anilines is 2. The van der Waals surface area contributed by atoms with Crippen molar-refractivity contribution in [3.05, 3.63) is 76.1 Å². The predicted molar refractivity (Wildman–Crippen MR) is 166 cm³/mol. The minimum Gasteiger partial charge on any atom is -0.487 e. The molecular formula is C31H30ClFN6O3S. The molecule has 1 amide bonds. The number of amides is 1. The third-order valence-corrected chi connectivity index (χ3v) is 8.62. The zero-order valence-corrected chi connectivity index (χ0v) is 25.1. The summed E-state index contributed by atoms with van der Waals surface area (Å²) in [5.41, 5.74) is 2.23. The summed E-state index contributed by atoms with van der Waals surface area (Å²) >= 11 is 7.97. The van der Waals surface area contributed by atoms with Crippen LogP contribution in [0.15, 0.2) is 54.9 Å². The zero-order valence-electron chi connectivity index (χ0n) is 23.5. The highest BCUT2D eigenvalue weighted by Crippen LogP contribution is 2.33. The molecule has 2 aliphatic rings. The highest BCUT2D eigenvalue weighted by Gasteiger charge is 2.29. The van der Waals surface area contributed by atoms with Gasteiger partial charge in [-0.2, -0.15) is 0 Å². The Morgan fingerprint density at radius 2 is 2.05 bits per heavy atom. The lowest BCUT2D eigenvalue weighted by atomic mass is 10.2. The van der Waals surface area contributed by atoms with Gasteiger partial charge in [0.2, 0.25) is 0 Å². The number of fused-ring (bicyclic) bond motifs is 1. The van der Waals surface area contributed by atoms with Crippen molar-refractivity contribution in [3.8, 4) is 17.6 Å². The molecule has 12 heteroatoms. The van der Waals surface area contributed by atoms with E-state index in [1.165, 1.54) is 29.8 Å². The van der Waals surface area contributed by atoms with Crippen LogP contribution in [-0.2, 0) is 11.3 Å². The van der Waals surface area contributed by atoms with Crippen molar-refractivity contribution in [2.24, 2.45) is 0 Å². The van der Waals surface area contributed by atoms with Crippen molar-refractivity contribution >= 4 is 50.8 Å². The summed E-state index contributed by atoms with van der Waals surface area (Å²) in [7, 11) is 2.05. The Morgan fingerprint density at radius 1 is 1.19 bits per heavy atom. The van der Waals surface area contributed by atoms with Gasteiger partial charge in [-0.05, 0) is 49.0 Å². The van der Waals surface area contributed by atoms with Crippen LogP contribution >= 0.6 is 22.9 Å². The number of nitrogens with zero attached hydrogens (tertiary/aromatic N) is 4. The standard InChI is InChI=1S/C31H30ClFN6O3S/c1-38-9-11-39(12-10-38)31(40)42-24-14-22(34-17-24)5-7-25-16-27-29(43-25)30(36-19-35-27)37-23-6-8-28(26(32)15-23)41-18-20-3-2-4-21(33)13-20/h2-4,6,8,13,15-16,19,22,24,34H,9-12,14,17-18H2,1H3,(H,35,36,37)/t22-,24-/m1/s1. The van der Waals surface area contributed by atoms with Crippen LogP contribution in [-0.4, -0.2) is 77.8 Å². The minimum absolute atomic E-state index is 0.0667. The van der Waals surface area contributed by atoms with Crippen molar-refractivity contribution in [1.82, 2.24) is 25.1 Å². The van der Waals surface area contributed by atoms with Gasteiger partial charge in [-0.1, -0.05) is 35.6 Å². The Bertz CT molecular complexity index is 1680. The molecule has 6 rings (SSSR count). The molecule has 0 unspecified atom stereocenters. The van der Waals surface area contributed by atoms with Gasteiger partial charge in [-0.25, -0.2) is 19.2 Å². The predicted octanol–water partition coefficient (Wildman–Crippen LogP) is 5.27. The quantitative estimate of drug-likeness (QED) is 0.282. The number of aromatic nitrogens is 2. The number of thiophene rings is 1. The molecule has 43 heavy (non-hydrogen) atoms. The molecule has 2 fully saturated rings. The van der Waals surface area contributed by atoms with Gasteiger partial charge in [-0.3, -0.25) is 5.32 Å². The maximum atomic E-state index is 13.4. The third-order valence-electron chi connectivity index (χ3n) is 7.28. The van der Waals surface area contributed by atoms with E-state index in [1.54, 1.807) is 29.2 Å². The number of hydrogen-bond acceptors (Lipinski definition) is 9. The summed E-state index contributed by atoms with van der Waals surface area (Å²) in [6.07, 6.45) is 1.71. The highest BCUT2D eigenvalue weighted by molar-refractivity contribution is 7.20. The van der Waals surface area contributed by atoms with Crippen molar-refractivity contribution in [1.29, 1.82) is 0 Å². The first kappa shape index (κ1) is 29.1. The number of carbonyl (C=O) groups is 1. The second kappa shape index (κ2) is 13.1. The zero-order chi connectivity index (χ0) is 29.8. The molecule has 2 atom stereocenters. The van der Waals surface area contributed by atoms with Gasteiger partial charge in [0.05, 0.1) is 26.2 Å². The van der Waals surface area contributed by atoms with Crippen molar-refractivity contribution in [3.63, 3.8) is 0 Å². The monoisotopic (exact) mass is 620 g/mol. The fourth-order valence-electron chi connectivity index (χ4n) is 4.89. The van der Waals surface area contributed by atoms with Crippen molar-refractivity contribution in [2.75, 3.05) is 45.1 Å². The van der Waals surface area contributed by atoms with Crippen LogP contribution < -0.4 is 15.4 Å². The number of likely N-dealkylation sites (N-methyl/N-ethyl adjacent to an activating group) is 1. The van der Waals surface area contributed by atoms with Gasteiger partial charge >= 0.3 is 6.09 Å². The number of halogens is 2. The molecule has 2 aromatic carbocycles. The van der Waals surface area contributed by atoms with E-state index in [0.29, 0.717) is 48.2 Å². The molecule has 0 aliphatic carbocycles. The molecule has 0 saturated carbocycles. The van der Waals surface area contributed by atoms with Crippen LogP contribution in [0, 0.1) is 17.7 Å². The summed E-state index contributed by atoms with van der Waals surface area (Å²) in [6.45, 7) is 3.88. The van der Waals surface area contributed by atoms with Gasteiger partial charge < -0.3 is 24.6 Å². The van der Waals surface area contributed by atoms with E-state index in [-0.39, 0.29) is 30.7 Å². The van der Waals surface area contributed by atoms with Gasteiger partial charge in [0, 0.05) is 44.8 Å². The number of carbonyl (C=O) groups excluding carboxylic acids is 1. The van der Waals surface area contributed by atoms with E-state index in [9.17, 15) is 9.18 Å². The smallest absolute Gasteiger partial charge is 0.410 e. The summed E-state index contributed by atoms with van der Waals surface area (Å²) in [5, 5.41) is 7.08. The molecule has 4 heterocycles. The molecule has 2 N–H and O–H groups in total. The average Bonchev–Trinajstić information content (AvgIpc) is 3.63. The van der Waals surface area contributed by atoms with Crippen LogP contribution in [0.4, 0.5) is 20.7 Å². The lowest BCUT2D eigenvalue weighted by molar-refractivity contribution is 0.0555. The van der Waals surface area contributed by atoms with E-state index < -0.39 is 0 Å². The Morgan fingerprint density at radius 3 is 2.86 bits per heavy atom. The first-order valence-electron chi connectivity index (χ1n) is 14.0. The van der Waals surface area contributed by atoms with E-state index in [2.05, 4.69) is 44.4 Å². The molecule has 4 aromatic rings. The molecule has 2 aromatic heterocycles. The van der Waals surface area contributed by atoms with Crippen LogP contribution in [0.1, 0.15) is 16.9 Å². The lowest BCUT2D eigenvalue weighted by Gasteiger charge is -2.32. The third kappa shape index (κ3) is 7.35. The van der Waals surface area contributed by atoms with Gasteiger partial charge in [0.15, 0.2) is 5.82 Å². The number of ether oxygens (including phenoxy) is 2. The Balaban J connectivity index is 1.06. The maximum Gasteiger partial charge on any atom is 0.410 e. The molecule has 2 saturated heterocycles. The van der Waals surface area contributed by atoms with Crippen LogP contribution in [0.25, 0.3) is 10.2 Å². The second-order valence-electron chi connectivity index (χ2n) is 10.5. The number of hydrogen-bond donors (Lipinski definition) is 2. The largest absolute Gasteiger partial charge is 0.487 e. The summed E-state index contributed by atoms with van der Waals surface area (Å²) in [5.74, 6) is 7.35. The first-order valence-corrected chi connectivity index (χ1v) is 15.2.